The summed E-state index contributed by atoms with van der Waals surface area (Å²) in [6.45, 7) is 33.1. The molecule has 0 heterocycles. The van der Waals surface area contributed by atoms with Crippen LogP contribution in [0.4, 0.5) is 52.7 Å². The topological polar surface area (TPSA) is 476 Å². The zero-order valence-corrected chi connectivity index (χ0v) is 99.3. The molecule has 3 amide bonds. The molecule has 0 aromatic heterocycles. The Morgan fingerprint density at radius 1 is 0.450 bits per heavy atom. The zero-order valence-electron chi connectivity index (χ0n) is 90.8. The molecule has 0 bridgehead atoms. The van der Waals surface area contributed by atoms with Crippen molar-refractivity contribution in [3.05, 3.63) is 175 Å². The van der Waals surface area contributed by atoms with Gasteiger partial charge in [0.05, 0.1) is 62.0 Å². The number of aliphatic hydroxyl groups excluding tert-OH is 6. The number of rotatable bonds is 46. The number of aryl methyl sites for hydroxylation is 2. The van der Waals surface area contributed by atoms with Gasteiger partial charge >= 0.3 is 157 Å². The molecule has 0 saturated heterocycles. The van der Waals surface area contributed by atoms with Crippen molar-refractivity contribution in [3.8, 4) is 24.2 Å². The van der Waals surface area contributed by atoms with Crippen molar-refractivity contribution in [2.75, 3.05) is 79.3 Å². The van der Waals surface area contributed by atoms with E-state index in [-0.39, 0.29) is 169 Å². The summed E-state index contributed by atoms with van der Waals surface area (Å²) in [4.78, 5) is 68.5. The van der Waals surface area contributed by atoms with Crippen molar-refractivity contribution in [3.63, 3.8) is 0 Å². The van der Waals surface area contributed by atoms with Crippen molar-refractivity contribution in [2.24, 2.45) is 11.5 Å². The third-order valence-electron chi connectivity index (χ3n) is 20.4. The molecule has 0 fully saturated rings. The van der Waals surface area contributed by atoms with Gasteiger partial charge < -0.3 is 104 Å². The van der Waals surface area contributed by atoms with Gasteiger partial charge in [-0.25, -0.2) is 9.68 Å². The molecule has 44 heteroatoms. The smallest absolute Gasteiger partial charge is 1.00 e. The molecule has 0 radical (unpaired) electrons. The molecule has 0 aliphatic rings. The fourth-order valence-electron chi connectivity index (χ4n) is 13.4. The molecule has 5 unspecified atom stereocenters. The Morgan fingerprint density at radius 2 is 0.718 bits per heavy atom. The number of aliphatic hydroxyl groups is 10. The van der Waals surface area contributed by atoms with Gasteiger partial charge in [0, 0.05) is 47.7 Å². The van der Waals surface area contributed by atoms with Crippen molar-refractivity contribution in [2.45, 2.75) is 342 Å². The number of nitrogens with two attached hydrogens (primary N) is 2. The summed E-state index contributed by atoms with van der Waals surface area (Å²) >= 11 is 6.56. The molecule has 0 spiro atoms. The maximum atomic E-state index is 12.1. The van der Waals surface area contributed by atoms with E-state index >= 15 is 0 Å². The van der Waals surface area contributed by atoms with E-state index in [4.69, 9.17) is 38.3 Å². The largest absolute Gasteiger partial charge is 1.00 e. The van der Waals surface area contributed by atoms with Gasteiger partial charge in [-0.15, -0.1) is 6.42 Å². The van der Waals surface area contributed by atoms with Gasteiger partial charge in [0.25, 0.3) is 6.47 Å². The average molecular weight is 2330 g/mol. The number of carbonyl (C=O) groups is 6. The SMILES string of the molecule is C#CC(O)(CCC)CCC.CCCC(O)(C#Cc1cccc(C(O)CCNC(=O)C(F)(F)F)c1)CCC.CCCC(O)(CCC)CCc1cccc(C(O)CCN)c1.CCCC(O)(CCC)CCc1cccc(C(O)CCNC(=O)C(F)(F)F)c1.CCN(CC)CC.CCO.CCOC(=O)C(F)(F)F.CCOC(C)=O.COO.NCCC(O)c1cccc(Br)c1.O=C(NCCC(O)c1cccc(Br)c1)C(F)(F)F.O=CO[O-].[H-].[K+].[K+]. The second-order valence-corrected chi connectivity index (χ2v) is 34.8. The van der Waals surface area contributed by atoms with Crippen molar-refractivity contribution < 1.29 is 266 Å². The minimum atomic E-state index is -4.94. The number of esters is 2. The van der Waals surface area contributed by atoms with Gasteiger partial charge in [0.15, 0.2) is 0 Å². The summed E-state index contributed by atoms with van der Waals surface area (Å²) < 4.78 is 152. The molecule has 5 aromatic carbocycles. The maximum absolute atomic E-state index is 12.1. The third-order valence-corrected chi connectivity index (χ3v) is 21.4. The fourth-order valence-corrected chi connectivity index (χ4v) is 14.2. The van der Waals surface area contributed by atoms with Crippen molar-refractivity contribution in [1.82, 2.24) is 20.9 Å². The Bertz CT molecular complexity index is 4290. The van der Waals surface area contributed by atoms with Gasteiger partial charge in [-0.3, -0.25) is 29.2 Å². The summed E-state index contributed by atoms with van der Waals surface area (Å²) in [7, 11) is 1.18. The first-order chi connectivity index (χ1) is 68.8. The molecule has 0 saturated carbocycles. The van der Waals surface area contributed by atoms with Crippen LogP contribution >= 0.6 is 31.9 Å². The van der Waals surface area contributed by atoms with Crippen LogP contribution in [0.5, 0.6) is 0 Å². The molecule has 5 rings (SSSR count). The first kappa shape index (κ1) is 161. The summed E-state index contributed by atoms with van der Waals surface area (Å²) in [5, 5.41) is 119. The number of amides is 3. The summed E-state index contributed by atoms with van der Waals surface area (Å²) in [6, 6.07) is 36.3. The van der Waals surface area contributed by atoms with E-state index < -0.39 is 101 Å². The number of halogens is 14. The van der Waals surface area contributed by atoms with Crippen LogP contribution in [0.15, 0.2) is 130 Å². The third kappa shape index (κ3) is 88.5. The molecule has 0 aliphatic carbocycles. The van der Waals surface area contributed by atoms with Crippen LogP contribution < -0.4 is 135 Å². The van der Waals surface area contributed by atoms with Gasteiger partial charge in [-0.05, 0) is 238 Å². The van der Waals surface area contributed by atoms with E-state index in [0.717, 1.165) is 128 Å². The molecule has 0 aliphatic heterocycles. The number of hydrogen-bond acceptors (Lipinski definition) is 25. The molecular weight excluding hydrogens is 2160 g/mol. The van der Waals surface area contributed by atoms with Crippen LogP contribution in [0.1, 0.15) is 328 Å². The summed E-state index contributed by atoms with van der Waals surface area (Å²) in [5.74, 6) is -0.126. The quantitative estimate of drug-likeness (QED) is 0.00327. The summed E-state index contributed by atoms with van der Waals surface area (Å²) in [6.07, 6.45) is -1.17. The monoisotopic (exact) mass is 2330 g/mol. The van der Waals surface area contributed by atoms with Gasteiger partial charge in [0.2, 0.25) is 0 Å². The van der Waals surface area contributed by atoms with Gasteiger partial charge in [-0.1, -0.05) is 262 Å². The second kappa shape index (κ2) is 96.2. The molecule has 18 N–H and O–H groups in total. The van der Waals surface area contributed by atoms with Crippen LogP contribution in [0, 0.1) is 24.2 Å². The molecule has 5 atom stereocenters. The van der Waals surface area contributed by atoms with E-state index in [1.807, 2.05) is 90.1 Å². The molecule has 149 heavy (non-hydrogen) atoms. The first-order valence-corrected chi connectivity index (χ1v) is 50.6. The number of nitrogens with one attached hydrogen (secondary N) is 3. The molecule has 5 aromatic rings. The molecule has 848 valence electrons. The van der Waals surface area contributed by atoms with E-state index in [1.165, 1.54) is 46.2 Å². The Hall–Kier alpha value is -5.21. The minimum Gasteiger partial charge on any atom is -1.00 e. The van der Waals surface area contributed by atoms with E-state index in [1.54, 1.807) is 96.5 Å². The van der Waals surface area contributed by atoms with E-state index in [2.05, 4.69) is 114 Å². The Balaban J connectivity index is -0.000000187. The van der Waals surface area contributed by atoms with E-state index in [0.29, 0.717) is 80.5 Å². The molecular formula is C105H166Br2F12K2N6O22. The van der Waals surface area contributed by atoms with Crippen LogP contribution in [-0.2, 0) is 60.9 Å². The van der Waals surface area contributed by atoms with Crippen molar-refractivity contribution in [1.29, 1.82) is 0 Å². The predicted molar refractivity (Wildman–Crippen MR) is 551 cm³/mol. The van der Waals surface area contributed by atoms with E-state index in [9.17, 15) is 123 Å². The Labute approximate surface area is 977 Å². The van der Waals surface area contributed by atoms with Crippen LogP contribution in [0.25, 0.3) is 0 Å². The number of benzene rings is 5. The number of hydrogen-bond donors (Lipinski definition) is 16. The number of alkyl halides is 12. The average Bonchev–Trinajstić information content (AvgIpc) is 0.865. The maximum Gasteiger partial charge on any atom is 1.00 e. The number of ether oxygens (including phenoxy) is 2. The normalized spacial score (nSPS) is 11.9. The minimum absolute atomic E-state index is 0. The Kier molecular flexibility index (Phi) is 104. The molecule has 28 nitrogen and oxygen atoms in total. The fraction of sp³-hybridized carbons (Fsp3) is 0.619. The predicted octanol–water partition coefficient (Wildman–Crippen LogP) is 12.9. The second-order valence-electron chi connectivity index (χ2n) is 32.9. The summed E-state index contributed by atoms with van der Waals surface area (Å²) in [5.41, 5.74) is 13.9. The van der Waals surface area contributed by atoms with Crippen LogP contribution in [0.3, 0.4) is 0 Å². The number of nitrogens with zero attached hydrogens (tertiary/aromatic N) is 1. The first-order valence-electron chi connectivity index (χ1n) is 49.0. The van der Waals surface area contributed by atoms with Gasteiger partial charge in [-0.2, -0.15) is 52.7 Å². The Morgan fingerprint density at radius 3 is 0.940 bits per heavy atom. The number of carbonyl (C=O) groups excluding carboxylic acids is 6. The van der Waals surface area contributed by atoms with Crippen LogP contribution in [0.2, 0.25) is 0 Å². The van der Waals surface area contributed by atoms with Crippen molar-refractivity contribution >= 4 is 68.0 Å². The number of terminal acetylenes is 1. The zero-order chi connectivity index (χ0) is 115. The van der Waals surface area contributed by atoms with Crippen LogP contribution in [-0.4, -0.2) is 224 Å². The standard InChI is InChI=1S/C20H30F3NO3.C20H26F3NO3.C18H31NO2.C11H11BrF3NO2.C9H12BrNO.C9H16O.C6H15N.C4H5F3O2.C4H8O2.C2H6O.CH2O3.CH4O2.2K.H/c2*1-3-10-19(27,11-4-2)12-8-15-6-5-7-16(14-15)17(25)9-13-24-18(26)20(21,22)23;1-3-10-18(21,11-4-2)12-8-15-6-5-7-16(14-15)17(20)9-13-19;12-8-3-1-2-7(6-8)9(17)4-5-16-10(18)11(13,14)15;10-8-3-1-2-7(6-8)9(12)4-5-11;1-4-7-9(10,6-3)8-5-2;1-4-7(5-2)6-3;1-2-9-3(8)4(5,6)7;1-3-6-4(2)5;1-2-3;2-1-4-3;1-3-2;;;/h5-7,14,17,25,27H,3-4,8-13H2,1-2H3,(H,24,26);5-7,14,17,25,27H,3-4,9-11,13H2,1-2H3,(H,24,26);5-7,14,17,20-21H,3-4,8-13,19H2,1-2H3;1-3,6,9,17H,4-5H2,(H,16,18);1-3,6,9,12H,4-5,11H2;3,10H,4-5,7-8H2,1-2H3;4-6H2,1-3H3;2H2,1H3;3H2,1-2H3;3H,2H2,1H3;1,3H;2H,1H3;;;/q;;;;;;;;;;;;2*+1;-1/p-1. The van der Waals surface area contributed by atoms with Gasteiger partial charge in [0.1, 0.15) is 11.2 Å².